The molecule has 0 atom stereocenters. The Hall–Kier alpha value is -1.81. The standard InChI is InChI=1S/C14H11BrO3/c1-17-13-4-2-3-10(9-13)14(16)18-12-7-5-11(15)6-8-12/h2-9H,1H3. The number of ether oxygens (including phenoxy) is 2. The minimum absolute atomic E-state index is 0.406. The van der Waals surface area contributed by atoms with E-state index in [9.17, 15) is 4.79 Å². The topological polar surface area (TPSA) is 35.5 Å². The molecule has 0 aliphatic rings. The van der Waals surface area contributed by atoms with Gasteiger partial charge in [0, 0.05) is 4.47 Å². The van der Waals surface area contributed by atoms with Gasteiger partial charge >= 0.3 is 5.97 Å². The lowest BCUT2D eigenvalue weighted by Gasteiger charge is -2.05. The molecular weight excluding hydrogens is 296 g/mol. The molecule has 0 amide bonds. The Balaban J connectivity index is 2.14. The third-order valence-electron chi connectivity index (χ3n) is 2.33. The van der Waals surface area contributed by atoms with Gasteiger partial charge in [0.05, 0.1) is 12.7 Å². The molecule has 0 radical (unpaired) electrons. The van der Waals surface area contributed by atoms with Crippen LogP contribution < -0.4 is 9.47 Å². The first-order valence-corrected chi connectivity index (χ1v) is 6.10. The summed E-state index contributed by atoms with van der Waals surface area (Å²) in [5.41, 5.74) is 0.456. The van der Waals surface area contributed by atoms with Crippen molar-refractivity contribution in [2.45, 2.75) is 0 Å². The maximum atomic E-state index is 11.9. The molecule has 0 N–H and O–H groups in total. The highest BCUT2D eigenvalue weighted by Gasteiger charge is 2.09. The molecule has 3 nitrogen and oxygen atoms in total. The summed E-state index contributed by atoms with van der Waals surface area (Å²) in [4.78, 5) is 11.9. The molecule has 0 aliphatic heterocycles. The second kappa shape index (κ2) is 5.69. The van der Waals surface area contributed by atoms with E-state index in [1.807, 2.05) is 12.1 Å². The van der Waals surface area contributed by atoms with E-state index in [1.165, 1.54) is 0 Å². The molecule has 0 saturated carbocycles. The lowest BCUT2D eigenvalue weighted by atomic mass is 10.2. The first kappa shape index (κ1) is 12.6. The third-order valence-corrected chi connectivity index (χ3v) is 2.86. The molecule has 2 aromatic carbocycles. The highest BCUT2D eigenvalue weighted by molar-refractivity contribution is 9.10. The van der Waals surface area contributed by atoms with Gasteiger partial charge < -0.3 is 9.47 Å². The average Bonchev–Trinajstić information content (AvgIpc) is 2.41. The van der Waals surface area contributed by atoms with Gasteiger partial charge in [0.25, 0.3) is 0 Å². The molecule has 92 valence electrons. The Bertz CT molecular complexity index is 549. The Morgan fingerprint density at radius 3 is 2.44 bits per heavy atom. The van der Waals surface area contributed by atoms with Crippen molar-refractivity contribution in [3.05, 3.63) is 58.6 Å². The van der Waals surface area contributed by atoms with E-state index >= 15 is 0 Å². The highest BCUT2D eigenvalue weighted by atomic mass is 79.9. The van der Waals surface area contributed by atoms with E-state index in [0.29, 0.717) is 17.1 Å². The lowest BCUT2D eigenvalue weighted by molar-refractivity contribution is 0.0734. The molecule has 0 saturated heterocycles. The maximum Gasteiger partial charge on any atom is 0.343 e. The van der Waals surface area contributed by atoms with E-state index in [1.54, 1.807) is 43.5 Å². The van der Waals surface area contributed by atoms with Gasteiger partial charge in [0.2, 0.25) is 0 Å². The van der Waals surface area contributed by atoms with Crippen molar-refractivity contribution in [2.75, 3.05) is 7.11 Å². The van der Waals surface area contributed by atoms with Crippen LogP contribution in [0.3, 0.4) is 0 Å². The summed E-state index contributed by atoms with van der Waals surface area (Å²) in [5, 5.41) is 0. The van der Waals surface area contributed by atoms with Gasteiger partial charge in [-0.25, -0.2) is 4.79 Å². The molecule has 4 heteroatoms. The molecule has 0 fully saturated rings. The normalized spacial score (nSPS) is 9.89. The minimum atomic E-state index is -0.406. The number of esters is 1. The van der Waals surface area contributed by atoms with Gasteiger partial charge in [0.15, 0.2) is 0 Å². The van der Waals surface area contributed by atoms with Crippen molar-refractivity contribution in [3.63, 3.8) is 0 Å². The summed E-state index contributed by atoms with van der Waals surface area (Å²) in [6, 6.07) is 13.9. The fourth-order valence-corrected chi connectivity index (χ4v) is 1.68. The molecular formula is C14H11BrO3. The largest absolute Gasteiger partial charge is 0.497 e. The first-order valence-electron chi connectivity index (χ1n) is 5.31. The molecule has 2 rings (SSSR count). The van der Waals surface area contributed by atoms with Crippen LogP contribution >= 0.6 is 15.9 Å². The van der Waals surface area contributed by atoms with E-state index in [2.05, 4.69) is 15.9 Å². The quantitative estimate of drug-likeness (QED) is 0.641. The zero-order valence-electron chi connectivity index (χ0n) is 9.72. The van der Waals surface area contributed by atoms with E-state index in [-0.39, 0.29) is 0 Å². The van der Waals surface area contributed by atoms with Crippen LogP contribution in [-0.2, 0) is 0 Å². The van der Waals surface area contributed by atoms with E-state index in [0.717, 1.165) is 4.47 Å². The average molecular weight is 307 g/mol. The van der Waals surface area contributed by atoms with Gasteiger partial charge in [-0.1, -0.05) is 22.0 Å². The number of halogens is 1. The number of methoxy groups -OCH3 is 1. The predicted octanol–water partition coefficient (Wildman–Crippen LogP) is 3.68. The lowest BCUT2D eigenvalue weighted by Crippen LogP contribution is -2.08. The van der Waals surface area contributed by atoms with Crippen LogP contribution in [0.5, 0.6) is 11.5 Å². The molecule has 0 unspecified atom stereocenters. The molecule has 18 heavy (non-hydrogen) atoms. The van der Waals surface area contributed by atoms with Gasteiger partial charge in [-0.15, -0.1) is 0 Å². The van der Waals surface area contributed by atoms with E-state index in [4.69, 9.17) is 9.47 Å². The Labute approximate surface area is 113 Å². The van der Waals surface area contributed by atoms with Crippen LogP contribution in [0, 0.1) is 0 Å². The van der Waals surface area contributed by atoms with Crippen molar-refractivity contribution in [1.82, 2.24) is 0 Å². The second-order valence-electron chi connectivity index (χ2n) is 3.58. The Kier molecular flexibility index (Phi) is 3.99. The number of carbonyl (C=O) groups is 1. The molecule has 2 aromatic rings. The van der Waals surface area contributed by atoms with Crippen molar-refractivity contribution < 1.29 is 14.3 Å². The molecule has 0 aromatic heterocycles. The van der Waals surface area contributed by atoms with Gasteiger partial charge in [-0.3, -0.25) is 0 Å². The van der Waals surface area contributed by atoms with Gasteiger partial charge in [-0.05, 0) is 42.5 Å². The van der Waals surface area contributed by atoms with Crippen LogP contribution in [0.1, 0.15) is 10.4 Å². The second-order valence-corrected chi connectivity index (χ2v) is 4.49. The molecule has 0 aliphatic carbocycles. The number of rotatable bonds is 3. The van der Waals surface area contributed by atoms with Crippen molar-refractivity contribution in [2.24, 2.45) is 0 Å². The van der Waals surface area contributed by atoms with E-state index < -0.39 is 5.97 Å². The summed E-state index contributed by atoms with van der Waals surface area (Å²) in [6.07, 6.45) is 0. The van der Waals surface area contributed by atoms with Crippen LogP contribution in [0.2, 0.25) is 0 Å². The van der Waals surface area contributed by atoms with Crippen molar-refractivity contribution >= 4 is 21.9 Å². The molecule has 0 spiro atoms. The zero-order valence-corrected chi connectivity index (χ0v) is 11.3. The van der Waals surface area contributed by atoms with Crippen LogP contribution in [0.4, 0.5) is 0 Å². The maximum absolute atomic E-state index is 11.9. The van der Waals surface area contributed by atoms with Crippen LogP contribution in [0.25, 0.3) is 0 Å². The van der Waals surface area contributed by atoms with Crippen molar-refractivity contribution in [1.29, 1.82) is 0 Å². The SMILES string of the molecule is COc1cccc(C(=O)Oc2ccc(Br)cc2)c1. The smallest absolute Gasteiger partial charge is 0.343 e. The van der Waals surface area contributed by atoms with Gasteiger partial charge in [0.1, 0.15) is 11.5 Å². The molecule has 0 bridgehead atoms. The first-order chi connectivity index (χ1) is 8.69. The Morgan fingerprint density at radius 1 is 1.06 bits per heavy atom. The fourth-order valence-electron chi connectivity index (χ4n) is 1.42. The summed E-state index contributed by atoms with van der Waals surface area (Å²) >= 11 is 3.32. The van der Waals surface area contributed by atoms with Crippen LogP contribution in [-0.4, -0.2) is 13.1 Å². The fraction of sp³-hybridized carbons (Fsp3) is 0.0714. The summed E-state index contributed by atoms with van der Waals surface area (Å²) in [6.45, 7) is 0. The predicted molar refractivity (Wildman–Crippen MR) is 72.1 cm³/mol. The van der Waals surface area contributed by atoms with Crippen LogP contribution in [0.15, 0.2) is 53.0 Å². The number of carbonyl (C=O) groups excluding carboxylic acids is 1. The molecule has 0 heterocycles. The Morgan fingerprint density at radius 2 is 1.78 bits per heavy atom. The zero-order chi connectivity index (χ0) is 13.0. The number of benzene rings is 2. The summed E-state index contributed by atoms with van der Waals surface area (Å²) in [5.74, 6) is 0.725. The summed E-state index contributed by atoms with van der Waals surface area (Å²) < 4.78 is 11.2. The third kappa shape index (κ3) is 3.11. The highest BCUT2D eigenvalue weighted by Crippen LogP contribution is 2.18. The minimum Gasteiger partial charge on any atom is -0.497 e. The number of hydrogen-bond acceptors (Lipinski definition) is 3. The van der Waals surface area contributed by atoms with Gasteiger partial charge in [-0.2, -0.15) is 0 Å². The number of hydrogen-bond donors (Lipinski definition) is 0. The monoisotopic (exact) mass is 306 g/mol. The van der Waals surface area contributed by atoms with Crippen molar-refractivity contribution in [3.8, 4) is 11.5 Å². The summed E-state index contributed by atoms with van der Waals surface area (Å²) in [7, 11) is 1.55.